The lowest BCUT2D eigenvalue weighted by atomic mass is 10.1. The molecule has 192 valence electrons. The Morgan fingerprint density at radius 1 is 1.03 bits per heavy atom. The van der Waals surface area contributed by atoms with Crippen LogP contribution in [0.1, 0.15) is 42.5 Å². The fourth-order valence-electron chi connectivity index (χ4n) is 3.88. The topological polar surface area (TPSA) is 167 Å². The molecule has 3 heterocycles. The third-order valence-electron chi connectivity index (χ3n) is 5.87. The first kappa shape index (κ1) is 24.4. The van der Waals surface area contributed by atoms with Crippen molar-refractivity contribution in [3.8, 4) is 0 Å². The maximum Gasteiger partial charge on any atom is 0.419 e. The molecule has 3 aromatic heterocycles. The lowest BCUT2D eigenvalue weighted by Crippen LogP contribution is -2.28. The number of benzene rings is 2. The molecule has 0 aliphatic heterocycles. The second-order valence-corrected chi connectivity index (χ2v) is 8.41. The zero-order valence-corrected chi connectivity index (χ0v) is 19.9. The number of carbonyl (C=O) groups excluding carboxylic acids is 3. The molecule has 0 unspecified atom stereocenters. The maximum absolute atomic E-state index is 14.4. The second kappa shape index (κ2) is 9.61. The van der Waals surface area contributed by atoms with Gasteiger partial charge in [0.15, 0.2) is 17.0 Å². The molecular weight excluding hydrogens is 497 g/mol. The lowest BCUT2D eigenvalue weighted by molar-refractivity contribution is 0.0941. The molecule has 0 saturated heterocycles. The molecule has 0 spiro atoms. The predicted molar refractivity (Wildman–Crippen MR) is 132 cm³/mol. The van der Waals surface area contributed by atoms with E-state index in [-0.39, 0.29) is 35.7 Å². The van der Waals surface area contributed by atoms with Crippen LogP contribution in [0.5, 0.6) is 0 Å². The Kier molecular flexibility index (Phi) is 6.16. The van der Waals surface area contributed by atoms with Crippen molar-refractivity contribution >= 4 is 34.5 Å². The van der Waals surface area contributed by atoms with Crippen molar-refractivity contribution in [2.24, 2.45) is 12.8 Å². The van der Waals surface area contributed by atoms with Crippen LogP contribution in [0.2, 0.25) is 0 Å². The molecule has 5 rings (SSSR count). The van der Waals surface area contributed by atoms with E-state index in [2.05, 4.69) is 20.7 Å². The summed E-state index contributed by atoms with van der Waals surface area (Å²) in [7, 11) is 1.57. The number of nitrogens with zero attached hydrogens (tertiary/aromatic N) is 4. The summed E-state index contributed by atoms with van der Waals surface area (Å²) in [4.78, 5) is 53.0. The van der Waals surface area contributed by atoms with E-state index in [1.165, 1.54) is 16.7 Å². The van der Waals surface area contributed by atoms with Crippen molar-refractivity contribution in [1.82, 2.24) is 29.8 Å². The van der Waals surface area contributed by atoms with E-state index in [1.54, 1.807) is 43.4 Å². The van der Waals surface area contributed by atoms with E-state index in [9.17, 15) is 23.6 Å². The van der Waals surface area contributed by atoms with E-state index in [0.29, 0.717) is 22.2 Å². The van der Waals surface area contributed by atoms with Crippen molar-refractivity contribution in [1.29, 1.82) is 0 Å². The maximum atomic E-state index is 14.4. The Labute approximate surface area is 212 Å². The molecule has 13 heteroatoms. The SMILES string of the molecule is Cn1c(=O)oc2ccc(CNC(=O)c3cc(C(=O)NCc4cccc(C(N)=O)c4)n4ncc(F)c4n3)cc21. The predicted octanol–water partition coefficient (Wildman–Crippen LogP) is 1.27. The smallest absolute Gasteiger partial charge is 0.408 e. The van der Waals surface area contributed by atoms with Gasteiger partial charge in [-0.25, -0.2) is 18.7 Å². The zero-order valence-electron chi connectivity index (χ0n) is 19.9. The standard InChI is InChI=1S/C25H20FN7O5/c1-32-18-8-14(5-6-20(18)38-25(32)37)11-28-23(35)17-9-19(33-22(31-17)16(26)12-30-33)24(36)29-10-13-3-2-4-15(7-13)21(27)34/h2-9,12H,10-11H2,1H3,(H2,27,34)(H,28,35)(H,29,36). The van der Waals surface area contributed by atoms with Crippen LogP contribution < -0.4 is 22.1 Å². The number of oxazole rings is 1. The van der Waals surface area contributed by atoms with Gasteiger partial charge in [-0.05, 0) is 35.4 Å². The molecule has 38 heavy (non-hydrogen) atoms. The van der Waals surface area contributed by atoms with Crippen molar-refractivity contribution in [3.63, 3.8) is 0 Å². The molecule has 0 aliphatic carbocycles. The van der Waals surface area contributed by atoms with E-state index in [1.807, 2.05) is 0 Å². The lowest BCUT2D eigenvalue weighted by Gasteiger charge is -2.10. The summed E-state index contributed by atoms with van der Waals surface area (Å²) in [5.41, 5.74) is 7.21. The monoisotopic (exact) mass is 517 g/mol. The Bertz CT molecular complexity index is 1800. The Balaban J connectivity index is 1.36. The number of primary amides is 1. The largest absolute Gasteiger partial charge is 0.419 e. The van der Waals surface area contributed by atoms with Crippen LogP contribution in [0.3, 0.4) is 0 Å². The van der Waals surface area contributed by atoms with Gasteiger partial charge in [-0.1, -0.05) is 18.2 Å². The first-order chi connectivity index (χ1) is 18.2. The zero-order chi connectivity index (χ0) is 27.0. The number of nitrogens with two attached hydrogens (primary N) is 1. The van der Waals surface area contributed by atoms with Crippen molar-refractivity contribution in [2.75, 3.05) is 0 Å². The first-order valence-corrected chi connectivity index (χ1v) is 11.3. The molecule has 0 bridgehead atoms. The third-order valence-corrected chi connectivity index (χ3v) is 5.87. The van der Waals surface area contributed by atoms with Gasteiger partial charge in [0.05, 0.1) is 11.7 Å². The van der Waals surface area contributed by atoms with Crippen LogP contribution in [0.15, 0.2) is 63.9 Å². The normalized spacial score (nSPS) is 11.1. The summed E-state index contributed by atoms with van der Waals surface area (Å²) >= 11 is 0. The molecule has 0 saturated carbocycles. The Hall–Kier alpha value is -5.33. The second-order valence-electron chi connectivity index (χ2n) is 8.41. The van der Waals surface area contributed by atoms with Crippen LogP contribution in [0.4, 0.5) is 4.39 Å². The molecule has 5 aromatic rings. The summed E-state index contributed by atoms with van der Waals surface area (Å²) in [6.07, 6.45) is 0.890. The van der Waals surface area contributed by atoms with Gasteiger partial charge in [-0.15, -0.1) is 0 Å². The van der Waals surface area contributed by atoms with Crippen LogP contribution in [-0.2, 0) is 20.1 Å². The molecule has 0 atom stereocenters. The molecule has 0 radical (unpaired) electrons. The summed E-state index contributed by atoms with van der Waals surface area (Å²) in [6, 6.07) is 12.6. The van der Waals surface area contributed by atoms with Gasteiger partial charge in [0.25, 0.3) is 11.8 Å². The number of hydrogen-bond acceptors (Lipinski definition) is 7. The minimum Gasteiger partial charge on any atom is -0.408 e. The highest BCUT2D eigenvalue weighted by molar-refractivity contribution is 5.98. The van der Waals surface area contributed by atoms with E-state index < -0.39 is 29.3 Å². The van der Waals surface area contributed by atoms with Crippen LogP contribution in [0, 0.1) is 5.82 Å². The average molecular weight is 517 g/mol. The van der Waals surface area contributed by atoms with Gasteiger partial charge in [-0.3, -0.25) is 19.0 Å². The number of amides is 3. The van der Waals surface area contributed by atoms with Gasteiger partial charge in [0.2, 0.25) is 5.91 Å². The Morgan fingerprint density at radius 3 is 2.53 bits per heavy atom. The average Bonchev–Trinajstić information content (AvgIpc) is 3.43. The van der Waals surface area contributed by atoms with Crippen LogP contribution in [0.25, 0.3) is 16.7 Å². The summed E-state index contributed by atoms with van der Waals surface area (Å²) in [5.74, 6) is -3.23. The highest BCUT2D eigenvalue weighted by Crippen LogP contribution is 2.15. The number of fused-ring (bicyclic) bond motifs is 2. The number of carbonyl (C=O) groups is 3. The molecule has 2 aromatic carbocycles. The third kappa shape index (κ3) is 4.59. The molecule has 0 fully saturated rings. The summed E-state index contributed by atoms with van der Waals surface area (Å²) in [5, 5.41) is 9.19. The highest BCUT2D eigenvalue weighted by Gasteiger charge is 2.20. The van der Waals surface area contributed by atoms with Crippen molar-refractivity contribution < 1.29 is 23.2 Å². The molecular formula is C25H20FN7O5. The van der Waals surface area contributed by atoms with Gasteiger partial charge in [0, 0.05) is 31.8 Å². The molecule has 0 aliphatic rings. The minimum atomic E-state index is -0.811. The number of nitrogens with one attached hydrogen (secondary N) is 2. The van der Waals surface area contributed by atoms with Gasteiger partial charge in [0.1, 0.15) is 11.4 Å². The van der Waals surface area contributed by atoms with Gasteiger partial charge >= 0.3 is 5.76 Å². The number of hydrogen-bond donors (Lipinski definition) is 3. The van der Waals surface area contributed by atoms with E-state index in [4.69, 9.17) is 10.2 Å². The van der Waals surface area contributed by atoms with Gasteiger partial charge < -0.3 is 20.8 Å². The van der Waals surface area contributed by atoms with E-state index >= 15 is 0 Å². The quantitative estimate of drug-likeness (QED) is 0.292. The highest BCUT2D eigenvalue weighted by atomic mass is 19.1. The van der Waals surface area contributed by atoms with E-state index in [0.717, 1.165) is 10.7 Å². The number of aryl methyl sites for hydroxylation is 1. The van der Waals surface area contributed by atoms with Crippen LogP contribution >= 0.6 is 0 Å². The molecule has 12 nitrogen and oxygen atoms in total. The number of aromatic nitrogens is 4. The van der Waals surface area contributed by atoms with Crippen molar-refractivity contribution in [3.05, 3.63) is 99.2 Å². The summed E-state index contributed by atoms with van der Waals surface area (Å²) in [6.45, 7) is 0.106. The Morgan fingerprint density at radius 2 is 1.76 bits per heavy atom. The fourth-order valence-corrected chi connectivity index (χ4v) is 3.88. The molecule has 3 amide bonds. The number of halogens is 1. The molecule has 4 N–H and O–H groups in total. The van der Waals surface area contributed by atoms with Crippen molar-refractivity contribution in [2.45, 2.75) is 13.1 Å². The minimum absolute atomic E-state index is 0.0358. The number of rotatable bonds is 7. The first-order valence-electron chi connectivity index (χ1n) is 11.3. The fraction of sp³-hybridized carbons (Fsp3) is 0.120. The van der Waals surface area contributed by atoms with Gasteiger partial charge in [-0.2, -0.15) is 5.10 Å². The van der Waals surface area contributed by atoms with Crippen LogP contribution in [-0.4, -0.2) is 36.9 Å². The summed E-state index contributed by atoms with van der Waals surface area (Å²) < 4.78 is 21.8.